The topological polar surface area (TPSA) is 39.7 Å². The lowest BCUT2D eigenvalue weighted by Gasteiger charge is -2.14. The summed E-state index contributed by atoms with van der Waals surface area (Å²) in [5.41, 5.74) is 2.34. The van der Waals surface area contributed by atoms with E-state index >= 15 is 0 Å². The number of nitrogens with one attached hydrogen (secondary N) is 1. The van der Waals surface area contributed by atoms with Crippen LogP contribution in [0.3, 0.4) is 0 Å². The van der Waals surface area contributed by atoms with Gasteiger partial charge in [0.15, 0.2) is 11.5 Å². The van der Waals surface area contributed by atoms with Crippen LogP contribution in [-0.4, -0.2) is 27.4 Å². The minimum absolute atomic E-state index is 0.610. The van der Waals surface area contributed by atoms with Gasteiger partial charge < -0.3 is 19.5 Å². The van der Waals surface area contributed by atoms with Crippen molar-refractivity contribution in [2.45, 2.75) is 19.9 Å². The second kappa shape index (κ2) is 9.55. The van der Waals surface area contributed by atoms with Gasteiger partial charge in [-0.1, -0.05) is 34.1 Å². The minimum Gasteiger partial charge on any atom is -0.496 e. The summed E-state index contributed by atoms with van der Waals surface area (Å²) >= 11 is 3.60. The second-order valence-corrected chi connectivity index (χ2v) is 6.12. The molecular formula is C19H24BrNO3. The van der Waals surface area contributed by atoms with Crippen molar-refractivity contribution in [3.05, 3.63) is 52.0 Å². The minimum atomic E-state index is 0.610. The van der Waals surface area contributed by atoms with Crippen molar-refractivity contribution < 1.29 is 14.2 Å². The normalized spacial score (nSPS) is 10.5. The smallest absolute Gasteiger partial charge is 0.161 e. The maximum atomic E-state index is 5.64. The number of benzene rings is 2. The first kappa shape index (κ1) is 18.6. The standard InChI is InChI=1S/C19H24BrNO3/c1-4-24-19-11-15(16(20)12-18(19)23-3)13-21-10-9-14-7-5-6-8-17(14)22-2/h5-8,11-12,21H,4,9-10,13H2,1-3H3. The Balaban J connectivity index is 1.95. The predicted molar refractivity (Wildman–Crippen MR) is 100 cm³/mol. The van der Waals surface area contributed by atoms with Gasteiger partial charge in [-0.25, -0.2) is 0 Å². The third-order valence-corrected chi connectivity index (χ3v) is 4.45. The molecule has 2 rings (SSSR count). The number of halogens is 1. The maximum Gasteiger partial charge on any atom is 0.161 e. The summed E-state index contributed by atoms with van der Waals surface area (Å²) in [6.07, 6.45) is 0.913. The Morgan fingerprint density at radius 1 is 0.958 bits per heavy atom. The fourth-order valence-corrected chi connectivity index (χ4v) is 2.96. The summed E-state index contributed by atoms with van der Waals surface area (Å²) in [4.78, 5) is 0. The Morgan fingerprint density at radius 2 is 1.71 bits per heavy atom. The fourth-order valence-electron chi connectivity index (χ4n) is 2.50. The molecule has 24 heavy (non-hydrogen) atoms. The molecule has 0 aliphatic rings. The first-order chi connectivity index (χ1) is 11.7. The lowest BCUT2D eigenvalue weighted by Crippen LogP contribution is -2.17. The van der Waals surface area contributed by atoms with Gasteiger partial charge in [-0.3, -0.25) is 0 Å². The highest BCUT2D eigenvalue weighted by Gasteiger charge is 2.10. The number of ether oxygens (including phenoxy) is 3. The molecule has 0 aliphatic heterocycles. The highest BCUT2D eigenvalue weighted by Crippen LogP contribution is 2.33. The first-order valence-electron chi connectivity index (χ1n) is 8.01. The fraction of sp³-hybridized carbons (Fsp3) is 0.368. The monoisotopic (exact) mass is 393 g/mol. The summed E-state index contributed by atoms with van der Waals surface area (Å²) in [7, 11) is 3.35. The second-order valence-electron chi connectivity index (χ2n) is 5.27. The zero-order chi connectivity index (χ0) is 17.4. The Labute approximate surface area is 152 Å². The lowest BCUT2D eigenvalue weighted by atomic mass is 10.1. The van der Waals surface area contributed by atoms with Crippen LogP contribution < -0.4 is 19.5 Å². The van der Waals surface area contributed by atoms with E-state index in [4.69, 9.17) is 14.2 Å². The Morgan fingerprint density at radius 3 is 2.42 bits per heavy atom. The largest absolute Gasteiger partial charge is 0.496 e. The van der Waals surface area contributed by atoms with E-state index in [-0.39, 0.29) is 0 Å². The molecular weight excluding hydrogens is 370 g/mol. The summed E-state index contributed by atoms with van der Waals surface area (Å²) in [6, 6.07) is 12.1. The van der Waals surface area contributed by atoms with E-state index in [0.29, 0.717) is 6.61 Å². The summed E-state index contributed by atoms with van der Waals surface area (Å²) in [5, 5.41) is 3.47. The molecule has 130 valence electrons. The molecule has 0 atom stereocenters. The predicted octanol–water partition coefficient (Wildman–Crippen LogP) is 4.20. The van der Waals surface area contributed by atoms with Gasteiger partial charge in [0.05, 0.1) is 20.8 Å². The van der Waals surface area contributed by atoms with E-state index in [1.165, 1.54) is 5.56 Å². The average molecular weight is 394 g/mol. The van der Waals surface area contributed by atoms with Crippen molar-refractivity contribution in [1.29, 1.82) is 0 Å². The lowest BCUT2D eigenvalue weighted by molar-refractivity contribution is 0.310. The molecule has 0 saturated carbocycles. The van der Waals surface area contributed by atoms with Gasteiger partial charge in [0.1, 0.15) is 5.75 Å². The van der Waals surface area contributed by atoms with Crippen LogP contribution in [0.2, 0.25) is 0 Å². The molecule has 5 heteroatoms. The summed E-state index contributed by atoms with van der Waals surface area (Å²) < 4.78 is 17.4. The van der Waals surface area contributed by atoms with Crippen molar-refractivity contribution in [1.82, 2.24) is 5.32 Å². The first-order valence-corrected chi connectivity index (χ1v) is 8.80. The van der Waals surface area contributed by atoms with Crippen molar-refractivity contribution in [3.63, 3.8) is 0 Å². The number of para-hydroxylation sites is 1. The highest BCUT2D eigenvalue weighted by molar-refractivity contribution is 9.10. The molecule has 0 unspecified atom stereocenters. The van der Waals surface area contributed by atoms with Crippen LogP contribution in [0.25, 0.3) is 0 Å². The summed E-state index contributed by atoms with van der Waals surface area (Å²) in [6.45, 7) is 4.19. The van der Waals surface area contributed by atoms with Crippen molar-refractivity contribution in [2.75, 3.05) is 27.4 Å². The highest BCUT2D eigenvalue weighted by atomic mass is 79.9. The molecule has 0 heterocycles. The quantitative estimate of drug-likeness (QED) is 0.648. The number of hydrogen-bond donors (Lipinski definition) is 1. The van der Waals surface area contributed by atoms with Crippen LogP contribution >= 0.6 is 15.9 Å². The van der Waals surface area contributed by atoms with E-state index in [1.54, 1.807) is 14.2 Å². The van der Waals surface area contributed by atoms with Crippen LogP contribution in [0, 0.1) is 0 Å². The summed E-state index contributed by atoms with van der Waals surface area (Å²) in [5.74, 6) is 2.44. The molecule has 0 aliphatic carbocycles. The Bertz CT molecular complexity index is 661. The van der Waals surface area contributed by atoms with Crippen molar-refractivity contribution >= 4 is 15.9 Å². The van der Waals surface area contributed by atoms with Gasteiger partial charge in [0.25, 0.3) is 0 Å². The molecule has 0 amide bonds. The van der Waals surface area contributed by atoms with Crippen molar-refractivity contribution in [3.8, 4) is 17.2 Å². The van der Waals surface area contributed by atoms with E-state index < -0.39 is 0 Å². The average Bonchev–Trinajstić information content (AvgIpc) is 2.61. The molecule has 0 aromatic heterocycles. The Hall–Kier alpha value is -1.72. The molecule has 4 nitrogen and oxygen atoms in total. The zero-order valence-corrected chi connectivity index (χ0v) is 16.0. The van der Waals surface area contributed by atoms with E-state index in [2.05, 4.69) is 27.3 Å². The molecule has 0 bridgehead atoms. The number of hydrogen-bond acceptors (Lipinski definition) is 4. The molecule has 0 radical (unpaired) electrons. The zero-order valence-electron chi connectivity index (χ0n) is 14.4. The third-order valence-electron chi connectivity index (χ3n) is 3.71. The molecule has 0 saturated heterocycles. The molecule has 2 aromatic rings. The van der Waals surface area contributed by atoms with Gasteiger partial charge in [-0.2, -0.15) is 0 Å². The van der Waals surface area contributed by atoms with Crippen LogP contribution in [-0.2, 0) is 13.0 Å². The van der Waals surface area contributed by atoms with Crippen LogP contribution in [0.4, 0.5) is 0 Å². The molecule has 0 spiro atoms. The van der Waals surface area contributed by atoms with E-state index in [1.807, 2.05) is 37.3 Å². The number of rotatable bonds is 9. The molecule has 2 aromatic carbocycles. The Kier molecular flexibility index (Phi) is 7.40. The van der Waals surface area contributed by atoms with Crippen molar-refractivity contribution in [2.24, 2.45) is 0 Å². The maximum absolute atomic E-state index is 5.64. The van der Waals surface area contributed by atoms with E-state index in [9.17, 15) is 0 Å². The molecule has 0 fully saturated rings. The third kappa shape index (κ3) is 4.89. The van der Waals surface area contributed by atoms with Gasteiger partial charge in [0.2, 0.25) is 0 Å². The van der Waals surface area contributed by atoms with Gasteiger partial charge >= 0.3 is 0 Å². The SMILES string of the molecule is CCOc1cc(CNCCc2ccccc2OC)c(Br)cc1OC. The van der Waals surface area contributed by atoms with Gasteiger partial charge in [0, 0.05) is 11.0 Å². The van der Waals surface area contributed by atoms with Gasteiger partial charge in [-0.15, -0.1) is 0 Å². The molecule has 1 N–H and O–H groups in total. The van der Waals surface area contributed by atoms with Crippen LogP contribution in [0.1, 0.15) is 18.1 Å². The van der Waals surface area contributed by atoms with Gasteiger partial charge in [-0.05, 0) is 49.2 Å². The number of methoxy groups -OCH3 is 2. The van der Waals surface area contributed by atoms with E-state index in [0.717, 1.165) is 46.8 Å². The van der Waals surface area contributed by atoms with Crippen LogP contribution in [0.15, 0.2) is 40.9 Å². The van der Waals surface area contributed by atoms with Crippen LogP contribution in [0.5, 0.6) is 17.2 Å².